The van der Waals surface area contributed by atoms with Gasteiger partial charge < -0.3 is 31.0 Å². The Morgan fingerprint density at radius 1 is 1.10 bits per heavy atom. The smallest absolute Gasteiger partial charge is 0.255 e. The zero-order valence-corrected chi connectivity index (χ0v) is 23.0. The van der Waals surface area contributed by atoms with E-state index in [0.29, 0.717) is 16.7 Å². The number of amides is 1. The van der Waals surface area contributed by atoms with Gasteiger partial charge in [0.15, 0.2) is 11.4 Å². The van der Waals surface area contributed by atoms with Gasteiger partial charge >= 0.3 is 0 Å². The number of rotatable bonds is 6. The van der Waals surface area contributed by atoms with Crippen LogP contribution in [0.5, 0.6) is 5.75 Å². The van der Waals surface area contributed by atoms with E-state index in [0.717, 1.165) is 5.56 Å². The van der Waals surface area contributed by atoms with E-state index < -0.39 is 58.0 Å². The van der Waals surface area contributed by atoms with Crippen molar-refractivity contribution >= 4 is 29.0 Å². The van der Waals surface area contributed by atoms with E-state index in [1.807, 2.05) is 30.3 Å². The number of Topliss-reactive ketones (excluding diaryl/α,β-unsaturated/α-hetero) is 3. The third-order valence-electron chi connectivity index (χ3n) is 8.63. The minimum Gasteiger partial charge on any atom is -0.508 e. The number of hydrogen-bond acceptors (Lipinski definition) is 9. The summed E-state index contributed by atoms with van der Waals surface area (Å²) in [5.41, 5.74) is 4.11. The lowest BCUT2D eigenvalue weighted by molar-refractivity contribution is -0.153. The second-order valence-corrected chi connectivity index (χ2v) is 11.3. The molecule has 5 rings (SSSR count). The first kappa shape index (κ1) is 28.3. The molecule has 0 radical (unpaired) electrons. The molecule has 4 atom stereocenters. The predicted molar refractivity (Wildman–Crippen MR) is 149 cm³/mol. The van der Waals surface area contributed by atoms with Gasteiger partial charge in [-0.15, -0.1) is 0 Å². The third-order valence-corrected chi connectivity index (χ3v) is 8.63. The summed E-state index contributed by atoms with van der Waals surface area (Å²) in [6.07, 6.45) is 0.528. The number of aliphatic hydroxyl groups excluding tert-OH is 2. The summed E-state index contributed by atoms with van der Waals surface area (Å²) < 4.78 is 0. The van der Waals surface area contributed by atoms with Crippen molar-refractivity contribution in [2.24, 2.45) is 17.6 Å². The zero-order valence-electron chi connectivity index (χ0n) is 23.0. The maximum Gasteiger partial charge on any atom is 0.255 e. The van der Waals surface area contributed by atoms with Crippen LogP contribution in [0.25, 0.3) is 16.9 Å². The fourth-order valence-corrected chi connectivity index (χ4v) is 6.74. The molecule has 0 heterocycles. The Labute approximate surface area is 236 Å². The van der Waals surface area contributed by atoms with Gasteiger partial charge in [-0.25, -0.2) is 0 Å². The van der Waals surface area contributed by atoms with E-state index in [9.17, 15) is 39.6 Å². The Hall–Kier alpha value is -4.28. The first-order chi connectivity index (χ1) is 19.3. The van der Waals surface area contributed by atoms with Gasteiger partial charge in [0, 0.05) is 17.9 Å². The molecule has 3 aliphatic carbocycles. The van der Waals surface area contributed by atoms with E-state index in [4.69, 9.17) is 5.73 Å². The van der Waals surface area contributed by atoms with Crippen molar-refractivity contribution in [3.05, 3.63) is 70.0 Å². The van der Waals surface area contributed by atoms with Crippen molar-refractivity contribution in [1.82, 2.24) is 4.90 Å². The lowest BCUT2D eigenvalue weighted by atomic mass is 9.57. The van der Waals surface area contributed by atoms with Gasteiger partial charge in [-0.3, -0.25) is 19.3 Å². The maximum atomic E-state index is 14.1. The van der Waals surface area contributed by atoms with Gasteiger partial charge in [-0.05, 0) is 74.5 Å². The molecule has 2 aromatic rings. The van der Waals surface area contributed by atoms with E-state index in [2.05, 4.69) is 0 Å². The summed E-state index contributed by atoms with van der Waals surface area (Å²) in [5.74, 6) is -7.02. The summed E-state index contributed by atoms with van der Waals surface area (Å²) in [6.45, 7) is 1.44. The van der Waals surface area contributed by atoms with Gasteiger partial charge in [0.05, 0.1) is 11.6 Å². The number of aryl methyl sites for hydroxylation is 1. The Bertz CT molecular complexity index is 1570. The van der Waals surface area contributed by atoms with Crippen molar-refractivity contribution in [3.8, 4) is 16.9 Å². The zero-order chi connectivity index (χ0) is 30.0. The molecule has 0 saturated heterocycles. The van der Waals surface area contributed by atoms with Crippen LogP contribution in [0.2, 0.25) is 0 Å². The second-order valence-electron chi connectivity index (χ2n) is 11.3. The number of primary amides is 1. The number of hydrogen-bond donors (Lipinski definition) is 5. The monoisotopic (exact) mass is 560 g/mol. The molecule has 6 N–H and O–H groups in total. The fraction of sp³-hybridized carbons (Fsp3) is 0.355. The van der Waals surface area contributed by atoms with E-state index >= 15 is 0 Å². The predicted octanol–water partition coefficient (Wildman–Crippen LogP) is 2.15. The summed E-state index contributed by atoms with van der Waals surface area (Å²) in [7, 11) is 3.11. The quantitative estimate of drug-likeness (QED) is 0.331. The number of nitrogens with two attached hydrogens (primary N) is 1. The van der Waals surface area contributed by atoms with Gasteiger partial charge in [0.1, 0.15) is 28.6 Å². The second kappa shape index (κ2) is 9.97. The number of fused-ring (bicyclic) bond motifs is 3. The Morgan fingerprint density at radius 3 is 2.34 bits per heavy atom. The number of benzene rings is 2. The molecule has 0 bridgehead atoms. The standard InChI is InChI=1S/C31H32N2O8/c1-14(34)9-10-16-11-18(15-7-5-4-6-8-15)19-12-17-13-20-24(33(2)3)27(37)23(30(32)40)29(39)31(20,41)28(38)21(17)26(36)22(19)25(16)35/h4-8,11,17,20,24,35-36,39,41H,9-10,12-13H2,1-3H3,(H2,32,40)/t17-,20-,24-,31-/m0/s1. The van der Waals surface area contributed by atoms with Crippen LogP contribution in [0.15, 0.2) is 53.3 Å². The number of nitrogens with zero attached hydrogens (tertiary/aromatic N) is 1. The van der Waals surface area contributed by atoms with Gasteiger partial charge in [-0.1, -0.05) is 30.3 Å². The lowest BCUT2D eigenvalue weighted by Crippen LogP contribution is -2.65. The van der Waals surface area contributed by atoms with E-state index in [1.165, 1.54) is 11.8 Å². The summed E-state index contributed by atoms with van der Waals surface area (Å²) in [4.78, 5) is 52.7. The van der Waals surface area contributed by atoms with Crippen molar-refractivity contribution in [2.75, 3.05) is 14.1 Å². The van der Waals surface area contributed by atoms with Gasteiger partial charge in [0.25, 0.3) is 5.91 Å². The summed E-state index contributed by atoms with van der Waals surface area (Å²) in [6, 6.07) is 9.93. The molecule has 10 nitrogen and oxygen atoms in total. The molecule has 214 valence electrons. The molecule has 3 aliphatic rings. The molecule has 0 aromatic heterocycles. The van der Waals surface area contributed by atoms with Gasteiger partial charge in [-0.2, -0.15) is 0 Å². The minimum absolute atomic E-state index is 0.00679. The number of aromatic hydroxyl groups is 1. The average Bonchev–Trinajstić information content (AvgIpc) is 2.90. The summed E-state index contributed by atoms with van der Waals surface area (Å²) in [5, 5.41) is 45.8. The number of carbonyl (C=O) groups is 4. The summed E-state index contributed by atoms with van der Waals surface area (Å²) >= 11 is 0. The van der Waals surface area contributed by atoms with Crippen molar-refractivity contribution < 1.29 is 39.6 Å². The number of phenols is 1. The number of likely N-dealkylation sites (N-methyl/N-ethyl adjacent to an activating group) is 1. The first-order valence-electron chi connectivity index (χ1n) is 13.4. The Morgan fingerprint density at radius 2 is 1.76 bits per heavy atom. The molecule has 41 heavy (non-hydrogen) atoms. The number of carbonyl (C=O) groups excluding carboxylic acids is 4. The molecular weight excluding hydrogens is 528 g/mol. The van der Waals surface area contributed by atoms with Crippen LogP contribution in [0, 0.1) is 11.8 Å². The molecule has 10 heteroatoms. The van der Waals surface area contributed by atoms with Crippen LogP contribution in [-0.4, -0.2) is 74.3 Å². The van der Waals surface area contributed by atoms with Crippen molar-refractivity contribution in [2.45, 2.75) is 44.2 Å². The first-order valence-corrected chi connectivity index (χ1v) is 13.4. The molecule has 0 aliphatic heterocycles. The maximum absolute atomic E-state index is 14.1. The molecule has 2 aromatic carbocycles. The molecule has 0 spiro atoms. The highest BCUT2D eigenvalue weighted by Crippen LogP contribution is 2.54. The van der Waals surface area contributed by atoms with Crippen LogP contribution in [0.1, 0.15) is 36.5 Å². The minimum atomic E-state index is -2.70. The third kappa shape index (κ3) is 4.17. The van der Waals surface area contributed by atoms with Crippen LogP contribution >= 0.6 is 0 Å². The number of ketones is 3. The van der Waals surface area contributed by atoms with Crippen LogP contribution in [0.3, 0.4) is 0 Å². The fourth-order valence-electron chi connectivity index (χ4n) is 6.74. The Balaban J connectivity index is 1.76. The van der Waals surface area contributed by atoms with Crippen molar-refractivity contribution in [3.63, 3.8) is 0 Å². The van der Waals surface area contributed by atoms with Crippen LogP contribution in [0.4, 0.5) is 0 Å². The van der Waals surface area contributed by atoms with Gasteiger partial charge in [0.2, 0.25) is 5.78 Å². The van der Waals surface area contributed by atoms with E-state index in [1.54, 1.807) is 20.2 Å². The highest BCUT2D eigenvalue weighted by atomic mass is 16.3. The number of phenolic OH excluding ortho intramolecular Hbond substituents is 1. The van der Waals surface area contributed by atoms with E-state index in [-0.39, 0.29) is 48.4 Å². The SMILES string of the molecule is CC(=O)CCc1cc(-c2ccccc2)c2c(c1O)C(O)=C1C(=O)[C@]3(O)C(O)=C(C(N)=O)C(=O)[C@@H](N(C)C)[C@@H]3C[C@@H]1C2. The normalized spacial score (nSPS) is 25.6. The Kier molecular flexibility index (Phi) is 6.87. The molecular formula is C31H32N2O8. The van der Waals surface area contributed by atoms with Crippen LogP contribution < -0.4 is 5.73 Å². The highest BCUT2D eigenvalue weighted by Gasteiger charge is 2.64. The topological polar surface area (TPSA) is 178 Å². The molecule has 0 unspecified atom stereocenters. The lowest BCUT2D eigenvalue weighted by Gasteiger charge is -2.50. The molecule has 1 saturated carbocycles. The van der Waals surface area contributed by atoms with Crippen molar-refractivity contribution in [1.29, 1.82) is 0 Å². The number of aliphatic hydroxyl groups is 3. The average molecular weight is 561 g/mol. The molecule has 1 amide bonds. The van der Waals surface area contributed by atoms with Crippen LogP contribution in [-0.2, 0) is 32.0 Å². The largest absolute Gasteiger partial charge is 0.508 e. The molecule has 1 fully saturated rings. The highest BCUT2D eigenvalue weighted by molar-refractivity contribution is 6.24.